The summed E-state index contributed by atoms with van der Waals surface area (Å²) in [5.41, 5.74) is 2.45. The van der Waals surface area contributed by atoms with Gasteiger partial charge in [0.2, 0.25) is 14.3 Å². The Morgan fingerprint density at radius 1 is 1.02 bits per heavy atom. The minimum absolute atomic E-state index is 0.0947. The monoisotopic (exact) mass is 695 g/mol. The van der Waals surface area contributed by atoms with Crippen LogP contribution in [-0.4, -0.2) is 60.7 Å². The van der Waals surface area contributed by atoms with Crippen LogP contribution in [0.4, 0.5) is 9.80 Å². The molecule has 0 aliphatic carbocycles. The molecule has 0 saturated carbocycles. The van der Waals surface area contributed by atoms with Crippen molar-refractivity contribution >= 4 is 25.9 Å². The zero-order valence-corrected chi connectivity index (χ0v) is 29.7. The molecule has 1 saturated heterocycles. The van der Waals surface area contributed by atoms with Crippen LogP contribution in [0.2, 0.25) is 18.6 Å². The molecule has 3 aromatic carbocycles. The molecule has 1 spiro atoms. The first-order valence-corrected chi connectivity index (χ1v) is 20.0. The Balaban J connectivity index is 1.21. The Kier molecular flexibility index (Phi) is 8.78. The zero-order valence-electron chi connectivity index (χ0n) is 28.7. The van der Waals surface area contributed by atoms with E-state index >= 15 is 4.11 Å². The van der Waals surface area contributed by atoms with E-state index in [-0.39, 0.29) is 42.7 Å². The number of aromatic nitrogens is 1. The Hall–Kier alpha value is -4.58. The lowest BCUT2D eigenvalue weighted by molar-refractivity contribution is -0.151. The van der Waals surface area contributed by atoms with E-state index in [2.05, 4.69) is 0 Å². The SMILES string of the molecule is COc1cccn(-c2cccc(CN3C(=O)[C@]4(O[C@H](CC(=O)N5Cc6ccccc6C[C@H]5CO)[C@@H]([Si](C)(C)F)[C@@H]4C)c4ccccc43)c2)c1=O. The molecule has 50 heavy (non-hydrogen) atoms. The van der Waals surface area contributed by atoms with Gasteiger partial charge in [-0.3, -0.25) is 19.0 Å². The average Bonchev–Trinajstić information content (AvgIpc) is 3.53. The molecule has 4 aromatic rings. The molecule has 1 aromatic heterocycles. The molecule has 11 heteroatoms. The van der Waals surface area contributed by atoms with Crippen molar-refractivity contribution in [1.29, 1.82) is 0 Å². The number of hydrogen-bond acceptors (Lipinski definition) is 6. The summed E-state index contributed by atoms with van der Waals surface area (Å²) in [7, 11) is -2.06. The number of fused-ring (bicyclic) bond motifs is 3. The summed E-state index contributed by atoms with van der Waals surface area (Å²) in [5.74, 6) is -0.859. The van der Waals surface area contributed by atoms with Crippen molar-refractivity contribution in [2.24, 2.45) is 5.92 Å². The van der Waals surface area contributed by atoms with Crippen molar-refractivity contribution in [3.05, 3.63) is 124 Å². The van der Waals surface area contributed by atoms with Gasteiger partial charge >= 0.3 is 0 Å². The van der Waals surface area contributed by atoms with E-state index in [0.29, 0.717) is 29.9 Å². The van der Waals surface area contributed by atoms with E-state index in [0.717, 1.165) is 16.7 Å². The number of ether oxygens (including phenoxy) is 2. The van der Waals surface area contributed by atoms with Gasteiger partial charge in [-0.15, -0.1) is 0 Å². The normalized spacial score (nSPS) is 24.4. The highest BCUT2D eigenvalue weighted by Crippen LogP contribution is 2.60. The predicted octanol–water partition coefficient (Wildman–Crippen LogP) is 5.50. The second-order valence-corrected chi connectivity index (χ2v) is 17.9. The highest BCUT2D eigenvalue weighted by Gasteiger charge is 2.67. The van der Waals surface area contributed by atoms with E-state index in [1.165, 1.54) is 11.7 Å². The highest BCUT2D eigenvalue weighted by atomic mass is 28.4. The number of hydrogen-bond donors (Lipinski definition) is 1. The van der Waals surface area contributed by atoms with Crippen molar-refractivity contribution < 1.29 is 28.3 Å². The van der Waals surface area contributed by atoms with Gasteiger partial charge in [-0.05, 0) is 66.5 Å². The largest absolute Gasteiger partial charge is 0.491 e. The Morgan fingerprint density at radius 2 is 1.76 bits per heavy atom. The molecule has 3 aliphatic rings. The van der Waals surface area contributed by atoms with Gasteiger partial charge in [0, 0.05) is 35.5 Å². The fourth-order valence-corrected chi connectivity index (χ4v) is 11.0. The van der Waals surface area contributed by atoms with Crippen LogP contribution in [0.15, 0.2) is 95.9 Å². The number of aliphatic hydroxyl groups excluding tert-OH is 1. The Bertz CT molecular complexity index is 2010. The number of aliphatic hydroxyl groups is 1. The summed E-state index contributed by atoms with van der Waals surface area (Å²) < 4.78 is 30.0. The summed E-state index contributed by atoms with van der Waals surface area (Å²) in [6.07, 6.45) is 1.27. The Labute approximate surface area is 292 Å². The van der Waals surface area contributed by atoms with E-state index in [1.807, 2.05) is 79.7 Å². The highest BCUT2D eigenvalue weighted by molar-refractivity contribution is 6.72. The van der Waals surface area contributed by atoms with Gasteiger partial charge in [0.05, 0.1) is 44.5 Å². The van der Waals surface area contributed by atoms with Crippen molar-refractivity contribution in [1.82, 2.24) is 9.47 Å². The molecule has 0 unspecified atom stereocenters. The molecule has 4 heterocycles. The summed E-state index contributed by atoms with van der Waals surface area (Å²) >= 11 is 0. The molecule has 5 atom stereocenters. The summed E-state index contributed by atoms with van der Waals surface area (Å²) in [6.45, 7) is 5.48. The van der Waals surface area contributed by atoms with Crippen LogP contribution in [0.5, 0.6) is 5.75 Å². The number of pyridine rings is 1. The molecule has 0 bridgehead atoms. The van der Waals surface area contributed by atoms with Gasteiger partial charge in [-0.25, -0.2) is 0 Å². The number of rotatable bonds is 8. The molecule has 260 valence electrons. The van der Waals surface area contributed by atoms with E-state index in [4.69, 9.17) is 9.47 Å². The maximum absolute atomic E-state index is 16.4. The first-order chi connectivity index (χ1) is 24.0. The molecule has 0 radical (unpaired) electrons. The van der Waals surface area contributed by atoms with Gasteiger partial charge in [-0.1, -0.05) is 61.5 Å². The summed E-state index contributed by atoms with van der Waals surface area (Å²) in [4.78, 5) is 45.2. The quantitative estimate of drug-likeness (QED) is 0.193. The second kappa shape index (κ2) is 12.9. The van der Waals surface area contributed by atoms with Crippen LogP contribution in [0.1, 0.15) is 35.6 Å². The molecular formula is C39H42FN3O6Si. The number of para-hydroxylation sites is 1. The van der Waals surface area contributed by atoms with Crippen LogP contribution in [-0.2, 0) is 39.4 Å². The number of amides is 2. The minimum atomic E-state index is -3.51. The molecule has 9 nitrogen and oxygen atoms in total. The van der Waals surface area contributed by atoms with E-state index < -0.39 is 37.6 Å². The summed E-state index contributed by atoms with van der Waals surface area (Å²) in [5, 5.41) is 10.2. The van der Waals surface area contributed by atoms with Crippen molar-refractivity contribution in [2.75, 3.05) is 18.6 Å². The first kappa shape index (κ1) is 33.9. The van der Waals surface area contributed by atoms with Crippen molar-refractivity contribution in [2.45, 2.75) is 69.2 Å². The van der Waals surface area contributed by atoms with Crippen LogP contribution in [0.3, 0.4) is 0 Å². The smallest absolute Gasteiger partial charge is 0.297 e. The number of methoxy groups -OCH3 is 1. The molecule has 7 rings (SSSR count). The fourth-order valence-electron chi connectivity index (χ4n) is 8.51. The summed E-state index contributed by atoms with van der Waals surface area (Å²) in [6, 6.07) is 25.7. The molecule has 1 N–H and O–H groups in total. The van der Waals surface area contributed by atoms with Gasteiger partial charge in [0.15, 0.2) is 11.4 Å². The fraction of sp³-hybridized carbons (Fsp3) is 0.359. The van der Waals surface area contributed by atoms with Crippen LogP contribution >= 0.6 is 0 Å². The third kappa shape index (κ3) is 5.57. The number of halogens is 1. The average molecular weight is 696 g/mol. The maximum atomic E-state index is 16.4. The van der Waals surface area contributed by atoms with E-state index in [1.54, 1.807) is 41.2 Å². The number of nitrogens with zero attached hydrogens (tertiary/aromatic N) is 3. The number of benzene rings is 3. The predicted molar refractivity (Wildman–Crippen MR) is 190 cm³/mol. The third-order valence-electron chi connectivity index (χ3n) is 10.8. The van der Waals surface area contributed by atoms with Gasteiger partial charge < -0.3 is 28.5 Å². The zero-order chi connectivity index (χ0) is 35.4. The minimum Gasteiger partial charge on any atom is -0.491 e. The second-order valence-electron chi connectivity index (χ2n) is 14.1. The number of anilines is 1. The Morgan fingerprint density at radius 3 is 2.50 bits per heavy atom. The topological polar surface area (TPSA) is 101 Å². The van der Waals surface area contributed by atoms with Crippen molar-refractivity contribution in [3.63, 3.8) is 0 Å². The van der Waals surface area contributed by atoms with Gasteiger partial charge in [0.1, 0.15) is 0 Å². The van der Waals surface area contributed by atoms with E-state index in [9.17, 15) is 19.5 Å². The van der Waals surface area contributed by atoms with Crippen molar-refractivity contribution in [3.8, 4) is 11.4 Å². The third-order valence-corrected chi connectivity index (χ3v) is 13.2. The lowest BCUT2D eigenvalue weighted by Crippen LogP contribution is -2.48. The van der Waals surface area contributed by atoms with Crippen LogP contribution < -0.4 is 15.2 Å². The number of carbonyl (C=O) groups is 2. The lowest BCUT2D eigenvalue weighted by atomic mass is 9.82. The lowest BCUT2D eigenvalue weighted by Gasteiger charge is -2.37. The van der Waals surface area contributed by atoms with Gasteiger partial charge in [-0.2, -0.15) is 0 Å². The first-order valence-electron chi connectivity index (χ1n) is 17.1. The number of carbonyl (C=O) groups excluding carboxylic acids is 2. The van der Waals surface area contributed by atoms with Gasteiger partial charge in [0.25, 0.3) is 11.5 Å². The van der Waals surface area contributed by atoms with Crippen LogP contribution in [0, 0.1) is 5.92 Å². The van der Waals surface area contributed by atoms with Crippen LogP contribution in [0.25, 0.3) is 5.69 Å². The molecular weight excluding hydrogens is 654 g/mol. The molecule has 2 amide bonds. The maximum Gasteiger partial charge on any atom is 0.297 e. The standard InChI is InChI=1S/C39H42FN3O6Si/c1-25-36(50(3,4)40)34(21-35(45)42-23-28-13-6-5-12-27(28)20-30(42)24-44)49-39(25)31-15-7-8-16-32(31)43(38(39)47)22-26-11-9-14-29(19-26)41-18-10-17-33(48-2)37(41)46/h5-19,25,30,34,36,44H,20-24H2,1-4H3/t25-,30-,34+,36-,39+/m0/s1. The molecule has 3 aliphatic heterocycles. The molecule has 1 fully saturated rings.